The minimum absolute atomic E-state index is 0.0287. The summed E-state index contributed by atoms with van der Waals surface area (Å²) in [6.45, 7) is 8.80. The van der Waals surface area contributed by atoms with Gasteiger partial charge < -0.3 is 14.2 Å². The van der Waals surface area contributed by atoms with Crippen LogP contribution in [-0.4, -0.2) is 42.7 Å². The van der Waals surface area contributed by atoms with E-state index in [0.29, 0.717) is 0 Å². The molecule has 0 spiro atoms. The van der Waals surface area contributed by atoms with Gasteiger partial charge in [0.2, 0.25) is 5.91 Å². The first-order valence-electron chi connectivity index (χ1n) is 6.04. The summed E-state index contributed by atoms with van der Waals surface area (Å²) in [5, 5.41) is 0. The lowest BCUT2D eigenvalue weighted by Crippen LogP contribution is -2.41. The van der Waals surface area contributed by atoms with Crippen molar-refractivity contribution in [2.75, 3.05) is 13.6 Å². The molecule has 17 heavy (non-hydrogen) atoms. The van der Waals surface area contributed by atoms with E-state index in [0.717, 1.165) is 18.4 Å². The lowest BCUT2D eigenvalue weighted by Gasteiger charge is -2.32. The number of rotatable bonds is 1. The summed E-state index contributed by atoms with van der Waals surface area (Å²) in [5.74, 6) is 0.0287. The number of hydrogen-bond donors (Lipinski definition) is 0. The highest BCUT2D eigenvalue weighted by molar-refractivity contribution is 6.55. The molecule has 0 aromatic heterocycles. The second kappa shape index (κ2) is 3.85. The van der Waals surface area contributed by atoms with Gasteiger partial charge in [-0.2, -0.15) is 0 Å². The van der Waals surface area contributed by atoms with E-state index < -0.39 is 0 Å². The number of carbonyl (C=O) groups is 1. The molecule has 4 nitrogen and oxygen atoms in total. The van der Waals surface area contributed by atoms with Gasteiger partial charge in [-0.25, -0.2) is 0 Å². The molecular weight excluding hydrogens is 217 g/mol. The van der Waals surface area contributed by atoms with Crippen LogP contribution in [0.5, 0.6) is 0 Å². The first-order valence-corrected chi connectivity index (χ1v) is 6.04. The van der Waals surface area contributed by atoms with Crippen molar-refractivity contribution < 1.29 is 14.1 Å². The maximum atomic E-state index is 11.6. The highest BCUT2D eigenvalue weighted by Crippen LogP contribution is 2.39. The zero-order valence-corrected chi connectivity index (χ0v) is 11.2. The van der Waals surface area contributed by atoms with Gasteiger partial charge in [0, 0.05) is 13.6 Å². The van der Waals surface area contributed by atoms with E-state index in [1.807, 2.05) is 27.7 Å². The minimum Gasteiger partial charge on any atom is -0.400 e. The smallest absolute Gasteiger partial charge is 0.400 e. The summed E-state index contributed by atoms with van der Waals surface area (Å²) >= 11 is 0. The Balaban J connectivity index is 2.17. The van der Waals surface area contributed by atoms with Gasteiger partial charge in [-0.3, -0.25) is 4.79 Å². The second-order valence-corrected chi connectivity index (χ2v) is 5.82. The van der Waals surface area contributed by atoms with Crippen LogP contribution in [0.4, 0.5) is 0 Å². The van der Waals surface area contributed by atoms with E-state index in [4.69, 9.17) is 9.31 Å². The lowest BCUT2D eigenvalue weighted by molar-refractivity contribution is -0.125. The highest BCUT2D eigenvalue weighted by Gasteiger charge is 2.52. The zero-order valence-electron chi connectivity index (χ0n) is 11.2. The van der Waals surface area contributed by atoms with Crippen LogP contribution in [0.25, 0.3) is 0 Å². The fourth-order valence-corrected chi connectivity index (χ4v) is 1.93. The van der Waals surface area contributed by atoms with E-state index in [1.165, 1.54) is 0 Å². The molecule has 0 atom stereocenters. The topological polar surface area (TPSA) is 38.8 Å². The fourth-order valence-electron chi connectivity index (χ4n) is 1.93. The van der Waals surface area contributed by atoms with Crippen molar-refractivity contribution in [2.45, 2.75) is 45.3 Å². The predicted molar refractivity (Wildman–Crippen MR) is 66.4 cm³/mol. The Kier molecular flexibility index (Phi) is 2.87. The van der Waals surface area contributed by atoms with E-state index >= 15 is 0 Å². The first kappa shape index (κ1) is 12.6. The SMILES string of the molecule is CN1CCC(B2OC(C)(C)C(C)(C)O2)=CC1=O. The van der Waals surface area contributed by atoms with Crippen LogP contribution in [-0.2, 0) is 14.1 Å². The molecule has 0 aliphatic carbocycles. The van der Waals surface area contributed by atoms with Crippen molar-refractivity contribution in [1.29, 1.82) is 0 Å². The molecular formula is C12H20BNO3. The van der Waals surface area contributed by atoms with Crippen molar-refractivity contribution in [2.24, 2.45) is 0 Å². The monoisotopic (exact) mass is 237 g/mol. The van der Waals surface area contributed by atoms with Gasteiger partial charge in [0.25, 0.3) is 0 Å². The number of hydrogen-bond acceptors (Lipinski definition) is 3. The molecule has 0 saturated carbocycles. The highest BCUT2D eigenvalue weighted by atomic mass is 16.7. The van der Waals surface area contributed by atoms with Crippen molar-refractivity contribution in [1.82, 2.24) is 4.90 Å². The predicted octanol–water partition coefficient (Wildman–Crippen LogP) is 1.41. The Morgan fingerprint density at radius 2 is 1.76 bits per heavy atom. The standard InChI is InChI=1S/C12H20BNO3/c1-11(2)12(3,4)17-13(16-11)9-6-7-14(5)10(15)8-9/h8H,6-7H2,1-5H3. The third-order valence-corrected chi connectivity index (χ3v) is 3.98. The van der Waals surface area contributed by atoms with Crippen molar-refractivity contribution in [3.63, 3.8) is 0 Å². The lowest BCUT2D eigenvalue weighted by atomic mass is 9.74. The van der Waals surface area contributed by atoms with E-state index in [9.17, 15) is 4.79 Å². The van der Waals surface area contributed by atoms with Gasteiger partial charge in [0.1, 0.15) is 0 Å². The molecule has 1 fully saturated rings. The molecule has 5 heteroatoms. The fraction of sp³-hybridized carbons (Fsp3) is 0.750. The van der Waals surface area contributed by atoms with Crippen LogP contribution in [0.15, 0.2) is 11.5 Å². The molecule has 0 radical (unpaired) electrons. The molecule has 1 amide bonds. The Labute approximate surface area is 103 Å². The Bertz CT molecular complexity index is 360. The molecule has 0 aromatic carbocycles. The van der Waals surface area contributed by atoms with Crippen LogP contribution >= 0.6 is 0 Å². The first-order chi connectivity index (χ1) is 7.73. The zero-order chi connectivity index (χ0) is 12.8. The summed E-state index contributed by atoms with van der Waals surface area (Å²) in [4.78, 5) is 13.3. The van der Waals surface area contributed by atoms with Crippen molar-refractivity contribution in [3.05, 3.63) is 11.5 Å². The number of nitrogens with zero attached hydrogens (tertiary/aromatic N) is 1. The maximum absolute atomic E-state index is 11.6. The van der Waals surface area contributed by atoms with Crippen LogP contribution < -0.4 is 0 Å². The minimum atomic E-state index is -0.377. The Hall–Kier alpha value is -0.805. The molecule has 0 aromatic rings. The number of carbonyl (C=O) groups excluding carboxylic acids is 1. The van der Waals surface area contributed by atoms with Crippen LogP contribution in [0.2, 0.25) is 0 Å². The molecule has 1 saturated heterocycles. The second-order valence-electron chi connectivity index (χ2n) is 5.82. The van der Waals surface area contributed by atoms with Gasteiger partial charge in [-0.05, 0) is 45.7 Å². The molecule has 0 N–H and O–H groups in total. The maximum Gasteiger partial charge on any atom is 0.490 e. The summed E-state index contributed by atoms with van der Waals surface area (Å²) in [6, 6.07) is 0. The van der Waals surface area contributed by atoms with Gasteiger partial charge >= 0.3 is 7.12 Å². The van der Waals surface area contributed by atoms with Crippen molar-refractivity contribution >= 4 is 13.0 Å². The molecule has 2 aliphatic rings. The molecule has 2 heterocycles. The van der Waals surface area contributed by atoms with Gasteiger partial charge in [-0.15, -0.1) is 0 Å². The molecule has 2 rings (SSSR count). The molecule has 94 valence electrons. The molecule has 0 unspecified atom stereocenters. The third kappa shape index (κ3) is 2.14. The van der Waals surface area contributed by atoms with Crippen molar-refractivity contribution in [3.8, 4) is 0 Å². The molecule has 0 bridgehead atoms. The number of amides is 1. The summed E-state index contributed by atoms with van der Waals surface area (Å²) in [6.07, 6.45) is 2.46. The van der Waals surface area contributed by atoms with Gasteiger partial charge in [0.15, 0.2) is 0 Å². The number of likely N-dealkylation sites (N-methyl/N-ethyl adjacent to an activating group) is 1. The van der Waals surface area contributed by atoms with Gasteiger partial charge in [-0.1, -0.05) is 0 Å². The summed E-state index contributed by atoms with van der Waals surface area (Å²) < 4.78 is 11.9. The quantitative estimate of drug-likeness (QED) is 0.647. The van der Waals surface area contributed by atoms with E-state index in [-0.39, 0.29) is 24.2 Å². The Morgan fingerprint density at radius 1 is 1.24 bits per heavy atom. The molecule has 2 aliphatic heterocycles. The van der Waals surface area contributed by atoms with E-state index in [1.54, 1.807) is 18.0 Å². The largest absolute Gasteiger partial charge is 0.490 e. The average Bonchev–Trinajstić information content (AvgIpc) is 2.41. The summed E-state index contributed by atoms with van der Waals surface area (Å²) in [5.41, 5.74) is 0.266. The van der Waals surface area contributed by atoms with Crippen LogP contribution in [0.3, 0.4) is 0 Å². The van der Waals surface area contributed by atoms with Gasteiger partial charge in [0.05, 0.1) is 11.2 Å². The summed E-state index contributed by atoms with van der Waals surface area (Å²) in [7, 11) is 1.43. The average molecular weight is 237 g/mol. The van der Waals surface area contributed by atoms with Crippen LogP contribution in [0.1, 0.15) is 34.1 Å². The van der Waals surface area contributed by atoms with E-state index in [2.05, 4.69) is 0 Å². The normalized spacial score (nSPS) is 27.4. The van der Waals surface area contributed by atoms with Crippen LogP contribution in [0, 0.1) is 0 Å². The Morgan fingerprint density at radius 3 is 2.24 bits per heavy atom. The third-order valence-electron chi connectivity index (χ3n) is 3.98.